The summed E-state index contributed by atoms with van der Waals surface area (Å²) in [4.78, 5) is 0. The number of hydrogen-bond acceptors (Lipinski definition) is 1. The molecule has 0 bridgehead atoms. The Morgan fingerprint density at radius 2 is 2.07 bits per heavy atom. The second-order valence-corrected chi connectivity index (χ2v) is 6.80. The van der Waals surface area contributed by atoms with E-state index in [0.29, 0.717) is 11.0 Å². The van der Waals surface area contributed by atoms with Crippen molar-refractivity contribution >= 4 is 0 Å². The maximum absolute atomic E-state index is 6.61. The van der Waals surface area contributed by atoms with Crippen LogP contribution in [0.15, 0.2) is 0 Å². The molecule has 0 aromatic rings. The van der Waals surface area contributed by atoms with Crippen LogP contribution in [0.3, 0.4) is 0 Å². The normalized spacial score (nSPS) is 65.2. The lowest BCUT2D eigenvalue weighted by atomic mass is 9.48. The van der Waals surface area contributed by atoms with Gasteiger partial charge in [0.1, 0.15) is 0 Å². The van der Waals surface area contributed by atoms with Gasteiger partial charge in [-0.05, 0) is 54.8 Å². The zero-order valence-electron chi connectivity index (χ0n) is 9.84. The average molecular weight is 205 g/mol. The predicted molar refractivity (Wildman–Crippen MR) is 61.3 cm³/mol. The fourth-order valence-electron chi connectivity index (χ4n) is 6.02. The zero-order valence-corrected chi connectivity index (χ0v) is 9.84. The van der Waals surface area contributed by atoms with E-state index in [-0.39, 0.29) is 0 Å². The maximum Gasteiger partial charge on any atom is 0.0257 e. The number of nitrogens with two attached hydrogens (primary N) is 1. The van der Waals surface area contributed by atoms with Crippen molar-refractivity contribution in [1.82, 2.24) is 0 Å². The van der Waals surface area contributed by atoms with Gasteiger partial charge < -0.3 is 5.73 Å². The summed E-state index contributed by atoms with van der Waals surface area (Å²) in [7, 11) is 0. The summed E-state index contributed by atoms with van der Waals surface area (Å²) >= 11 is 0. The van der Waals surface area contributed by atoms with E-state index in [0.717, 1.165) is 23.7 Å². The van der Waals surface area contributed by atoms with Gasteiger partial charge in [0, 0.05) is 5.54 Å². The van der Waals surface area contributed by atoms with Crippen LogP contribution in [0.1, 0.15) is 51.9 Å². The van der Waals surface area contributed by atoms with Crippen LogP contribution < -0.4 is 5.73 Å². The van der Waals surface area contributed by atoms with Crippen molar-refractivity contribution in [1.29, 1.82) is 0 Å². The quantitative estimate of drug-likeness (QED) is 0.700. The van der Waals surface area contributed by atoms with Gasteiger partial charge in [-0.25, -0.2) is 0 Å². The van der Waals surface area contributed by atoms with E-state index in [4.69, 9.17) is 5.73 Å². The Morgan fingerprint density at radius 1 is 1.20 bits per heavy atom. The third-order valence-corrected chi connectivity index (χ3v) is 6.74. The van der Waals surface area contributed by atoms with E-state index in [2.05, 4.69) is 6.92 Å². The SMILES string of the molecule is CC[C@@H]1CCCC2CC3CC4(N)C(C1)C234. The van der Waals surface area contributed by atoms with Gasteiger partial charge in [0.15, 0.2) is 0 Å². The van der Waals surface area contributed by atoms with Crippen LogP contribution in [0, 0.1) is 29.1 Å². The van der Waals surface area contributed by atoms with E-state index < -0.39 is 0 Å². The maximum atomic E-state index is 6.61. The van der Waals surface area contributed by atoms with Crippen molar-refractivity contribution in [3.8, 4) is 0 Å². The van der Waals surface area contributed by atoms with Gasteiger partial charge in [0.05, 0.1) is 0 Å². The molecule has 0 saturated heterocycles. The fraction of sp³-hybridized carbons (Fsp3) is 1.00. The Balaban J connectivity index is 1.63. The highest BCUT2D eigenvalue weighted by atomic mass is 15.1. The topological polar surface area (TPSA) is 26.0 Å². The van der Waals surface area contributed by atoms with Gasteiger partial charge in [-0.3, -0.25) is 0 Å². The van der Waals surface area contributed by atoms with Crippen molar-refractivity contribution in [2.24, 2.45) is 34.8 Å². The van der Waals surface area contributed by atoms with Gasteiger partial charge in [0.2, 0.25) is 0 Å². The molecule has 1 nitrogen and oxygen atoms in total. The minimum atomic E-state index is 0.346. The molecule has 5 unspecified atom stereocenters. The zero-order chi connectivity index (χ0) is 10.3. The van der Waals surface area contributed by atoms with Crippen molar-refractivity contribution in [3.63, 3.8) is 0 Å². The summed E-state index contributed by atoms with van der Waals surface area (Å²) in [5.74, 6) is 4.05. The third kappa shape index (κ3) is 0.740. The molecular formula is C14H23N. The molecule has 1 heteroatoms. The van der Waals surface area contributed by atoms with Crippen molar-refractivity contribution in [2.45, 2.75) is 57.4 Å². The molecule has 1 spiro atoms. The Morgan fingerprint density at radius 3 is 2.80 bits per heavy atom. The molecule has 2 N–H and O–H groups in total. The smallest absolute Gasteiger partial charge is 0.0257 e. The van der Waals surface area contributed by atoms with Crippen LogP contribution in [0.5, 0.6) is 0 Å². The van der Waals surface area contributed by atoms with Crippen molar-refractivity contribution in [2.75, 3.05) is 0 Å². The molecule has 0 aromatic carbocycles. The van der Waals surface area contributed by atoms with Crippen LogP contribution in [-0.2, 0) is 0 Å². The highest BCUT2D eigenvalue weighted by Gasteiger charge is 2.90. The van der Waals surface area contributed by atoms with Gasteiger partial charge >= 0.3 is 0 Å². The van der Waals surface area contributed by atoms with E-state index in [1.807, 2.05) is 0 Å². The molecule has 15 heavy (non-hydrogen) atoms. The Hall–Kier alpha value is -0.0400. The molecule has 0 radical (unpaired) electrons. The second-order valence-electron chi connectivity index (χ2n) is 6.80. The monoisotopic (exact) mass is 205 g/mol. The molecule has 4 aliphatic rings. The van der Waals surface area contributed by atoms with E-state index in [1.54, 1.807) is 0 Å². The highest BCUT2D eigenvalue weighted by Crippen LogP contribution is 2.89. The highest BCUT2D eigenvalue weighted by molar-refractivity contribution is 5.42. The summed E-state index contributed by atoms with van der Waals surface area (Å²) in [5.41, 5.74) is 7.67. The molecule has 0 amide bonds. The molecule has 0 heterocycles. The summed E-state index contributed by atoms with van der Waals surface area (Å²) in [6.07, 6.45) is 10.2. The van der Waals surface area contributed by atoms with Crippen molar-refractivity contribution in [3.05, 3.63) is 0 Å². The molecule has 0 aromatic heterocycles. The van der Waals surface area contributed by atoms with Crippen LogP contribution in [0.2, 0.25) is 0 Å². The number of rotatable bonds is 1. The first-order chi connectivity index (χ1) is 7.23. The van der Waals surface area contributed by atoms with Gasteiger partial charge in [0.25, 0.3) is 0 Å². The number of hydrogen-bond donors (Lipinski definition) is 1. The molecule has 4 fully saturated rings. The summed E-state index contributed by atoms with van der Waals surface area (Å²) < 4.78 is 0. The lowest BCUT2D eigenvalue weighted by molar-refractivity contribution is -0.0712. The average Bonchev–Trinajstić information content (AvgIpc) is 2.69. The summed E-state index contributed by atoms with van der Waals surface area (Å²) in [6, 6.07) is 0. The Labute approximate surface area is 92.8 Å². The first-order valence-corrected chi connectivity index (χ1v) is 7.02. The van der Waals surface area contributed by atoms with Crippen LogP contribution in [-0.4, -0.2) is 5.54 Å². The fourth-order valence-corrected chi connectivity index (χ4v) is 6.02. The first-order valence-electron chi connectivity index (χ1n) is 7.02. The predicted octanol–water partition coefficient (Wildman–Crippen LogP) is 2.94. The standard InChI is InChI=1S/C14H23N/c1-2-9-4-3-5-10-7-11-8-13(15)12(6-9)14(10,11)13/h9-12H,2-8,15H2,1H3/t9-,10?,11?,12?,13?,14?/m1/s1. The van der Waals surface area contributed by atoms with Gasteiger partial charge in [-0.15, -0.1) is 0 Å². The molecule has 84 valence electrons. The van der Waals surface area contributed by atoms with Gasteiger partial charge in [-0.1, -0.05) is 26.2 Å². The minimum absolute atomic E-state index is 0.346. The van der Waals surface area contributed by atoms with Gasteiger partial charge in [-0.2, -0.15) is 0 Å². The Bertz CT molecular complexity index is 312. The largest absolute Gasteiger partial charge is 0.324 e. The minimum Gasteiger partial charge on any atom is -0.324 e. The van der Waals surface area contributed by atoms with E-state index in [9.17, 15) is 0 Å². The molecule has 0 aliphatic heterocycles. The van der Waals surface area contributed by atoms with E-state index >= 15 is 0 Å². The second kappa shape index (κ2) is 2.45. The molecule has 4 saturated carbocycles. The summed E-state index contributed by atoms with van der Waals surface area (Å²) in [5, 5.41) is 0. The summed E-state index contributed by atoms with van der Waals surface area (Å²) in [6.45, 7) is 2.37. The lowest BCUT2D eigenvalue weighted by Gasteiger charge is -2.57. The molecule has 4 aliphatic carbocycles. The first kappa shape index (κ1) is 9.04. The van der Waals surface area contributed by atoms with Crippen LogP contribution in [0.4, 0.5) is 0 Å². The molecular weight excluding hydrogens is 182 g/mol. The third-order valence-electron chi connectivity index (χ3n) is 6.74. The van der Waals surface area contributed by atoms with Crippen LogP contribution >= 0.6 is 0 Å². The van der Waals surface area contributed by atoms with Crippen molar-refractivity contribution < 1.29 is 0 Å². The molecule has 4 rings (SSSR count). The van der Waals surface area contributed by atoms with E-state index in [1.165, 1.54) is 44.9 Å². The van der Waals surface area contributed by atoms with Crippen LogP contribution in [0.25, 0.3) is 0 Å². The lowest BCUT2D eigenvalue weighted by Crippen LogP contribution is -2.58. The molecule has 6 atom stereocenters. The Kier molecular flexibility index (Phi) is 1.47. The number of fused-ring (bicyclic) bond motifs is 1.